The van der Waals surface area contributed by atoms with Crippen molar-refractivity contribution < 1.29 is 39.8 Å². The first kappa shape index (κ1) is 46.7. The molecular weight excluding hydrogens is 634 g/mol. The Morgan fingerprint density at radius 2 is 1.12 bits per heavy atom. The van der Waals surface area contributed by atoms with Gasteiger partial charge in [-0.3, -0.25) is 4.79 Å². The number of aliphatic hydroxyl groups is 5. The Balaban J connectivity index is 2.32. The molecule has 0 aromatic heterocycles. The SMILES string of the molecule is CCCCCCCC/C=C\CCCCCCCCCCCC(=O)NC(COC1OC(CO)C(O)C(O)C1O)C(O)/C=C/CCCCCCCC. The minimum atomic E-state index is -1.56. The van der Waals surface area contributed by atoms with E-state index >= 15 is 0 Å². The van der Waals surface area contributed by atoms with Crippen molar-refractivity contribution in [3.63, 3.8) is 0 Å². The van der Waals surface area contributed by atoms with E-state index in [0.29, 0.717) is 6.42 Å². The van der Waals surface area contributed by atoms with E-state index < -0.39 is 49.5 Å². The van der Waals surface area contributed by atoms with Crippen LogP contribution in [0, 0.1) is 0 Å². The Kier molecular flexibility index (Phi) is 30.2. The van der Waals surface area contributed by atoms with Crippen LogP contribution in [0.3, 0.4) is 0 Å². The van der Waals surface area contributed by atoms with Gasteiger partial charge in [-0.2, -0.15) is 0 Å². The Morgan fingerprint density at radius 3 is 1.62 bits per heavy atom. The summed E-state index contributed by atoms with van der Waals surface area (Å²) in [5.41, 5.74) is 0. The third-order valence-corrected chi connectivity index (χ3v) is 9.77. The summed E-state index contributed by atoms with van der Waals surface area (Å²) in [6, 6.07) is -0.800. The molecular formula is C41H77NO8. The van der Waals surface area contributed by atoms with Crippen LogP contribution < -0.4 is 5.32 Å². The molecule has 1 aliphatic heterocycles. The molecule has 0 aromatic carbocycles. The number of ether oxygens (including phenoxy) is 2. The topological polar surface area (TPSA) is 149 Å². The van der Waals surface area contributed by atoms with E-state index in [1.807, 2.05) is 6.08 Å². The molecule has 9 nitrogen and oxygen atoms in total. The van der Waals surface area contributed by atoms with Crippen LogP contribution in [0.5, 0.6) is 0 Å². The average molecular weight is 712 g/mol. The number of carbonyl (C=O) groups excluding carboxylic acids is 1. The lowest BCUT2D eigenvalue weighted by Gasteiger charge is -2.40. The fourth-order valence-electron chi connectivity index (χ4n) is 6.38. The number of amides is 1. The first-order chi connectivity index (χ1) is 24.3. The third kappa shape index (κ3) is 23.3. The van der Waals surface area contributed by atoms with E-state index in [0.717, 1.165) is 38.5 Å². The maximum absolute atomic E-state index is 12.9. The Labute approximate surface area is 305 Å². The number of aliphatic hydroxyl groups excluding tert-OH is 5. The van der Waals surface area contributed by atoms with Gasteiger partial charge in [0.2, 0.25) is 5.91 Å². The number of rotatable bonds is 33. The molecule has 7 atom stereocenters. The van der Waals surface area contributed by atoms with Gasteiger partial charge in [-0.1, -0.05) is 147 Å². The van der Waals surface area contributed by atoms with Crippen molar-refractivity contribution >= 4 is 5.91 Å². The predicted molar refractivity (Wildman–Crippen MR) is 203 cm³/mol. The van der Waals surface area contributed by atoms with Gasteiger partial charge in [-0.05, 0) is 44.9 Å². The van der Waals surface area contributed by atoms with Crippen molar-refractivity contribution in [3.05, 3.63) is 24.3 Å². The number of carbonyl (C=O) groups is 1. The lowest BCUT2D eigenvalue weighted by molar-refractivity contribution is -0.302. The minimum absolute atomic E-state index is 0.184. The van der Waals surface area contributed by atoms with Crippen LogP contribution in [0.1, 0.15) is 174 Å². The number of hydrogen-bond donors (Lipinski definition) is 6. The molecule has 7 unspecified atom stereocenters. The maximum Gasteiger partial charge on any atom is 0.220 e. The zero-order valence-corrected chi connectivity index (χ0v) is 31.9. The average Bonchev–Trinajstić information content (AvgIpc) is 3.11. The number of hydrogen-bond acceptors (Lipinski definition) is 8. The van der Waals surface area contributed by atoms with Crippen molar-refractivity contribution in [2.24, 2.45) is 0 Å². The molecule has 0 aliphatic carbocycles. The second kappa shape index (κ2) is 32.3. The summed E-state index contributed by atoms with van der Waals surface area (Å²) in [5.74, 6) is -0.184. The monoisotopic (exact) mass is 712 g/mol. The minimum Gasteiger partial charge on any atom is -0.394 e. The zero-order chi connectivity index (χ0) is 36.7. The third-order valence-electron chi connectivity index (χ3n) is 9.77. The highest BCUT2D eigenvalue weighted by atomic mass is 16.7. The number of unbranched alkanes of at least 4 members (excludes halogenated alkanes) is 21. The van der Waals surface area contributed by atoms with Gasteiger partial charge in [-0.25, -0.2) is 0 Å². The van der Waals surface area contributed by atoms with E-state index in [1.54, 1.807) is 6.08 Å². The van der Waals surface area contributed by atoms with Crippen LogP contribution in [-0.4, -0.2) is 87.5 Å². The first-order valence-electron chi connectivity index (χ1n) is 20.6. The molecule has 1 saturated heterocycles. The van der Waals surface area contributed by atoms with Crippen LogP contribution in [0.15, 0.2) is 24.3 Å². The smallest absolute Gasteiger partial charge is 0.220 e. The van der Waals surface area contributed by atoms with Crippen molar-refractivity contribution in [1.29, 1.82) is 0 Å². The summed E-state index contributed by atoms with van der Waals surface area (Å²) < 4.78 is 11.1. The number of allylic oxidation sites excluding steroid dienone is 3. The molecule has 50 heavy (non-hydrogen) atoms. The molecule has 1 heterocycles. The van der Waals surface area contributed by atoms with Gasteiger partial charge < -0.3 is 40.3 Å². The summed E-state index contributed by atoms with van der Waals surface area (Å²) in [7, 11) is 0. The molecule has 1 amide bonds. The fraction of sp³-hybridized carbons (Fsp3) is 0.878. The highest BCUT2D eigenvalue weighted by Gasteiger charge is 2.44. The van der Waals surface area contributed by atoms with E-state index in [4.69, 9.17) is 9.47 Å². The predicted octanol–water partition coefficient (Wildman–Crippen LogP) is 7.55. The first-order valence-corrected chi connectivity index (χ1v) is 20.6. The van der Waals surface area contributed by atoms with E-state index in [2.05, 4.69) is 31.3 Å². The molecule has 294 valence electrons. The van der Waals surface area contributed by atoms with Crippen LogP contribution in [0.25, 0.3) is 0 Å². The fourth-order valence-corrected chi connectivity index (χ4v) is 6.38. The molecule has 0 saturated carbocycles. The van der Waals surface area contributed by atoms with E-state index in [9.17, 15) is 30.3 Å². The van der Waals surface area contributed by atoms with Crippen molar-refractivity contribution in [2.45, 2.75) is 217 Å². The van der Waals surface area contributed by atoms with Gasteiger partial charge in [0.25, 0.3) is 0 Å². The number of nitrogens with one attached hydrogen (secondary N) is 1. The quantitative estimate of drug-likeness (QED) is 0.0302. The Bertz CT molecular complexity index is 837. The summed E-state index contributed by atoms with van der Waals surface area (Å²) in [4.78, 5) is 12.9. The molecule has 0 spiro atoms. The zero-order valence-electron chi connectivity index (χ0n) is 31.9. The van der Waals surface area contributed by atoms with Crippen molar-refractivity contribution in [3.8, 4) is 0 Å². The van der Waals surface area contributed by atoms with Crippen LogP contribution in [0.4, 0.5) is 0 Å². The standard InChI is InChI=1S/C41H77NO8/c1-3-5-7-9-11-13-14-15-16-17-18-19-20-21-22-23-25-27-29-31-37(45)42-34(35(44)30-28-26-24-12-10-8-6-4-2)33-49-41-40(48)39(47)38(46)36(32-43)50-41/h15-16,28,30,34-36,38-41,43-44,46-48H,3-14,17-27,29,31-33H2,1-2H3,(H,42,45)/b16-15-,30-28+. The molecule has 0 radical (unpaired) electrons. The van der Waals surface area contributed by atoms with Crippen LogP contribution >= 0.6 is 0 Å². The highest BCUT2D eigenvalue weighted by Crippen LogP contribution is 2.22. The Morgan fingerprint density at radius 1 is 0.660 bits per heavy atom. The lowest BCUT2D eigenvalue weighted by atomic mass is 9.99. The van der Waals surface area contributed by atoms with Gasteiger partial charge in [0, 0.05) is 6.42 Å². The summed E-state index contributed by atoms with van der Waals surface area (Å²) in [5, 5.41) is 53.8. The van der Waals surface area contributed by atoms with E-state index in [1.165, 1.54) is 116 Å². The molecule has 6 N–H and O–H groups in total. The van der Waals surface area contributed by atoms with Gasteiger partial charge in [-0.15, -0.1) is 0 Å². The molecule has 1 aliphatic rings. The van der Waals surface area contributed by atoms with Gasteiger partial charge in [0.15, 0.2) is 6.29 Å². The van der Waals surface area contributed by atoms with Crippen molar-refractivity contribution in [2.75, 3.05) is 13.2 Å². The van der Waals surface area contributed by atoms with Gasteiger partial charge in [0.05, 0.1) is 25.4 Å². The summed E-state index contributed by atoms with van der Waals surface area (Å²) >= 11 is 0. The molecule has 0 bridgehead atoms. The molecule has 1 fully saturated rings. The lowest BCUT2D eigenvalue weighted by Crippen LogP contribution is -2.60. The second-order valence-corrected chi connectivity index (χ2v) is 14.4. The van der Waals surface area contributed by atoms with E-state index in [-0.39, 0.29) is 12.5 Å². The molecule has 1 rings (SSSR count). The molecule has 9 heteroatoms. The normalized spacial score (nSPS) is 22.4. The van der Waals surface area contributed by atoms with Gasteiger partial charge >= 0.3 is 0 Å². The van der Waals surface area contributed by atoms with Crippen LogP contribution in [-0.2, 0) is 14.3 Å². The van der Waals surface area contributed by atoms with Crippen LogP contribution in [0.2, 0.25) is 0 Å². The highest BCUT2D eigenvalue weighted by molar-refractivity contribution is 5.76. The maximum atomic E-state index is 12.9. The second-order valence-electron chi connectivity index (χ2n) is 14.4. The largest absolute Gasteiger partial charge is 0.394 e. The summed E-state index contributed by atoms with van der Waals surface area (Å²) in [6.07, 6.45) is 29.5. The van der Waals surface area contributed by atoms with Gasteiger partial charge in [0.1, 0.15) is 24.4 Å². The Hall–Kier alpha value is -1.33. The van der Waals surface area contributed by atoms with Crippen molar-refractivity contribution in [1.82, 2.24) is 5.32 Å². The summed E-state index contributed by atoms with van der Waals surface area (Å²) in [6.45, 7) is 3.71. The molecule has 0 aromatic rings.